The highest BCUT2D eigenvalue weighted by Crippen LogP contribution is 2.17. The summed E-state index contributed by atoms with van der Waals surface area (Å²) in [5.74, 6) is 1.45. The Balaban J connectivity index is 2.18. The van der Waals surface area contributed by atoms with E-state index in [1.165, 1.54) is 0 Å². The Morgan fingerprint density at radius 3 is 2.55 bits per heavy atom. The minimum atomic E-state index is 0.592. The predicted molar refractivity (Wildman–Crippen MR) is 45.9 cm³/mol. The Labute approximate surface area is 72.5 Å². The molecule has 0 unspecified atom stereocenters. The van der Waals surface area contributed by atoms with Gasteiger partial charge in [-0.15, -0.1) is 11.6 Å². The first-order chi connectivity index (χ1) is 5.36. The second-order valence-corrected chi connectivity index (χ2v) is 3.37. The van der Waals surface area contributed by atoms with Crippen molar-refractivity contribution in [3.63, 3.8) is 0 Å². The van der Waals surface area contributed by atoms with Crippen LogP contribution in [0, 0.1) is 5.92 Å². The van der Waals surface area contributed by atoms with E-state index in [4.69, 9.17) is 11.6 Å². The molecule has 0 radical (unpaired) electrons. The molecule has 0 aromatic heterocycles. The smallest absolute Gasteiger partial charge is 0.133 e. The van der Waals surface area contributed by atoms with Crippen LogP contribution in [0.5, 0.6) is 0 Å². The van der Waals surface area contributed by atoms with Crippen molar-refractivity contribution in [3.05, 3.63) is 0 Å². The molecule has 64 valence electrons. The Hall–Kier alpha value is -0.0800. The van der Waals surface area contributed by atoms with Crippen LogP contribution in [-0.2, 0) is 4.79 Å². The van der Waals surface area contributed by atoms with Gasteiger partial charge in [-0.2, -0.15) is 0 Å². The maximum atomic E-state index is 10.2. The third-order valence-corrected chi connectivity index (χ3v) is 2.69. The molecular weight excluding hydrogens is 162 g/mol. The van der Waals surface area contributed by atoms with Gasteiger partial charge in [-0.3, -0.25) is 4.90 Å². The van der Waals surface area contributed by atoms with Crippen molar-refractivity contribution in [1.29, 1.82) is 0 Å². The SMILES string of the molecule is O=CCN1CCC(CCl)CC1. The molecule has 0 bridgehead atoms. The molecule has 1 fully saturated rings. The molecule has 1 heterocycles. The van der Waals surface area contributed by atoms with Crippen LogP contribution in [0.2, 0.25) is 0 Å². The number of aldehydes is 1. The number of carbonyl (C=O) groups is 1. The number of nitrogens with zero attached hydrogens (tertiary/aromatic N) is 1. The van der Waals surface area contributed by atoms with E-state index in [-0.39, 0.29) is 0 Å². The van der Waals surface area contributed by atoms with Crippen molar-refractivity contribution in [2.75, 3.05) is 25.5 Å². The van der Waals surface area contributed by atoms with Gasteiger partial charge in [0.15, 0.2) is 0 Å². The van der Waals surface area contributed by atoms with Crippen LogP contribution in [0.15, 0.2) is 0 Å². The number of likely N-dealkylation sites (tertiary alicyclic amines) is 1. The first-order valence-electron chi connectivity index (χ1n) is 4.08. The van der Waals surface area contributed by atoms with Gasteiger partial charge in [-0.1, -0.05) is 0 Å². The second-order valence-electron chi connectivity index (χ2n) is 3.06. The molecule has 1 saturated heterocycles. The van der Waals surface area contributed by atoms with E-state index < -0.39 is 0 Å². The Bertz CT molecular complexity index is 121. The fourth-order valence-corrected chi connectivity index (χ4v) is 1.74. The van der Waals surface area contributed by atoms with Crippen molar-refractivity contribution in [2.45, 2.75) is 12.8 Å². The monoisotopic (exact) mass is 175 g/mol. The number of piperidine rings is 1. The number of hydrogen-bond acceptors (Lipinski definition) is 2. The lowest BCUT2D eigenvalue weighted by Gasteiger charge is -2.29. The van der Waals surface area contributed by atoms with Gasteiger partial charge in [0, 0.05) is 5.88 Å². The lowest BCUT2D eigenvalue weighted by atomic mass is 9.99. The number of alkyl halides is 1. The molecule has 0 aromatic rings. The molecule has 1 aliphatic heterocycles. The molecule has 0 aromatic carbocycles. The van der Waals surface area contributed by atoms with Gasteiger partial charge in [-0.05, 0) is 31.8 Å². The number of halogens is 1. The lowest BCUT2D eigenvalue weighted by Crippen LogP contribution is -2.35. The highest BCUT2D eigenvalue weighted by molar-refractivity contribution is 6.18. The van der Waals surface area contributed by atoms with Crippen LogP contribution in [0.3, 0.4) is 0 Å². The summed E-state index contributed by atoms with van der Waals surface area (Å²) in [4.78, 5) is 12.3. The van der Waals surface area contributed by atoms with Crippen LogP contribution in [0.4, 0.5) is 0 Å². The number of carbonyl (C=O) groups excluding carboxylic acids is 1. The molecule has 1 aliphatic rings. The summed E-state index contributed by atoms with van der Waals surface area (Å²) in [6, 6.07) is 0. The molecule has 0 N–H and O–H groups in total. The van der Waals surface area contributed by atoms with Crippen molar-refractivity contribution in [2.24, 2.45) is 5.92 Å². The quantitative estimate of drug-likeness (QED) is 0.474. The standard InChI is InChI=1S/C8H14ClNO/c9-7-8-1-3-10(4-2-8)5-6-11/h6,8H,1-5,7H2. The zero-order valence-electron chi connectivity index (χ0n) is 6.63. The molecule has 0 aliphatic carbocycles. The van der Waals surface area contributed by atoms with E-state index in [0.29, 0.717) is 12.5 Å². The third kappa shape index (κ3) is 2.80. The predicted octanol–water partition coefficient (Wildman–Crippen LogP) is 1.14. The second kappa shape index (κ2) is 4.73. The summed E-state index contributed by atoms with van der Waals surface area (Å²) in [5, 5.41) is 0. The van der Waals surface area contributed by atoms with E-state index in [1.54, 1.807) is 0 Å². The molecule has 1 rings (SSSR count). The van der Waals surface area contributed by atoms with Crippen LogP contribution < -0.4 is 0 Å². The summed E-state index contributed by atoms with van der Waals surface area (Å²) < 4.78 is 0. The summed E-state index contributed by atoms with van der Waals surface area (Å²) >= 11 is 5.72. The summed E-state index contributed by atoms with van der Waals surface area (Å²) in [6.45, 7) is 2.67. The van der Waals surface area contributed by atoms with Gasteiger partial charge in [-0.25, -0.2) is 0 Å². The van der Waals surface area contributed by atoms with E-state index in [9.17, 15) is 4.79 Å². The first-order valence-corrected chi connectivity index (χ1v) is 4.62. The van der Waals surface area contributed by atoms with Crippen molar-refractivity contribution in [1.82, 2.24) is 4.90 Å². The molecular formula is C8H14ClNO. The van der Waals surface area contributed by atoms with Gasteiger partial charge in [0.25, 0.3) is 0 Å². The maximum absolute atomic E-state index is 10.2. The van der Waals surface area contributed by atoms with Gasteiger partial charge < -0.3 is 4.79 Å². The average Bonchev–Trinajstić information content (AvgIpc) is 2.07. The molecule has 3 heteroatoms. The molecule has 2 nitrogen and oxygen atoms in total. The zero-order valence-corrected chi connectivity index (χ0v) is 7.39. The Morgan fingerprint density at radius 2 is 2.09 bits per heavy atom. The number of hydrogen-bond donors (Lipinski definition) is 0. The van der Waals surface area contributed by atoms with Crippen molar-refractivity contribution >= 4 is 17.9 Å². The van der Waals surface area contributed by atoms with Crippen LogP contribution in [0.25, 0.3) is 0 Å². The van der Waals surface area contributed by atoms with Crippen molar-refractivity contribution in [3.8, 4) is 0 Å². The minimum Gasteiger partial charge on any atom is -0.302 e. The van der Waals surface area contributed by atoms with E-state index in [2.05, 4.69) is 4.90 Å². The van der Waals surface area contributed by atoms with Crippen molar-refractivity contribution < 1.29 is 4.79 Å². The largest absolute Gasteiger partial charge is 0.302 e. The van der Waals surface area contributed by atoms with Gasteiger partial charge in [0.1, 0.15) is 6.29 Å². The van der Waals surface area contributed by atoms with Gasteiger partial charge in [0.2, 0.25) is 0 Å². The topological polar surface area (TPSA) is 20.3 Å². The molecule has 0 spiro atoms. The van der Waals surface area contributed by atoms with Crippen LogP contribution in [0.1, 0.15) is 12.8 Å². The maximum Gasteiger partial charge on any atom is 0.133 e. The Kier molecular flexibility index (Phi) is 3.87. The number of rotatable bonds is 3. The third-order valence-electron chi connectivity index (χ3n) is 2.26. The highest BCUT2D eigenvalue weighted by Gasteiger charge is 2.17. The molecule has 0 amide bonds. The summed E-state index contributed by atoms with van der Waals surface area (Å²) in [5.41, 5.74) is 0. The first kappa shape index (κ1) is 9.01. The van der Waals surface area contributed by atoms with Crippen LogP contribution in [-0.4, -0.2) is 36.7 Å². The zero-order chi connectivity index (χ0) is 8.10. The average molecular weight is 176 g/mol. The van der Waals surface area contributed by atoms with E-state index in [1.807, 2.05) is 0 Å². The fraction of sp³-hybridized carbons (Fsp3) is 0.875. The molecule has 0 saturated carbocycles. The van der Waals surface area contributed by atoms with E-state index >= 15 is 0 Å². The Morgan fingerprint density at radius 1 is 1.45 bits per heavy atom. The summed E-state index contributed by atoms with van der Waals surface area (Å²) in [6.07, 6.45) is 3.27. The lowest BCUT2D eigenvalue weighted by molar-refractivity contribution is -0.109. The van der Waals surface area contributed by atoms with Gasteiger partial charge in [0.05, 0.1) is 6.54 Å². The highest BCUT2D eigenvalue weighted by atomic mass is 35.5. The van der Waals surface area contributed by atoms with Crippen LogP contribution >= 0.6 is 11.6 Å². The summed E-state index contributed by atoms with van der Waals surface area (Å²) in [7, 11) is 0. The van der Waals surface area contributed by atoms with E-state index in [0.717, 1.165) is 38.1 Å². The fourth-order valence-electron chi connectivity index (χ4n) is 1.43. The minimum absolute atomic E-state index is 0.592. The molecule has 11 heavy (non-hydrogen) atoms. The van der Waals surface area contributed by atoms with Gasteiger partial charge >= 0.3 is 0 Å². The molecule has 0 atom stereocenters. The normalized spacial score (nSPS) is 21.9.